The van der Waals surface area contributed by atoms with Crippen molar-refractivity contribution in [3.8, 4) is 0 Å². The van der Waals surface area contributed by atoms with Crippen molar-refractivity contribution >= 4 is 40.7 Å². The molecule has 5 heteroatoms. The van der Waals surface area contributed by atoms with Gasteiger partial charge >= 0.3 is 0 Å². The highest BCUT2D eigenvalue weighted by Gasteiger charge is 2.06. The number of hydrogen-bond acceptors (Lipinski definition) is 2. The van der Waals surface area contributed by atoms with Gasteiger partial charge < -0.3 is 5.73 Å². The van der Waals surface area contributed by atoms with Crippen LogP contribution in [0.1, 0.15) is 5.56 Å². The van der Waals surface area contributed by atoms with E-state index < -0.39 is 0 Å². The third-order valence-corrected chi connectivity index (χ3v) is 3.97. The first-order valence-corrected chi connectivity index (χ1v) is 6.92. The molecule has 0 heterocycles. The summed E-state index contributed by atoms with van der Waals surface area (Å²) in [6.07, 6.45) is 0. The molecule has 2 aromatic rings. The predicted molar refractivity (Wildman–Crippen MR) is 76.8 cm³/mol. The van der Waals surface area contributed by atoms with Crippen molar-refractivity contribution in [3.05, 3.63) is 57.8 Å². The first-order valence-electron chi connectivity index (χ1n) is 5.18. The van der Waals surface area contributed by atoms with Gasteiger partial charge in [0.25, 0.3) is 0 Å². The SMILES string of the molecule is Nc1cc(Cl)ccc1SCc1cc(Cl)ccc1F. The molecule has 0 unspecified atom stereocenters. The van der Waals surface area contributed by atoms with E-state index in [0.29, 0.717) is 27.0 Å². The Morgan fingerprint density at radius 1 is 1.06 bits per heavy atom. The van der Waals surface area contributed by atoms with Crippen molar-refractivity contribution in [2.75, 3.05) is 5.73 Å². The van der Waals surface area contributed by atoms with Crippen molar-refractivity contribution in [3.63, 3.8) is 0 Å². The minimum atomic E-state index is -0.264. The van der Waals surface area contributed by atoms with Crippen LogP contribution in [0.4, 0.5) is 10.1 Å². The Hall–Kier alpha value is -0.900. The van der Waals surface area contributed by atoms with E-state index >= 15 is 0 Å². The first kappa shape index (κ1) is 13.5. The molecule has 2 N–H and O–H groups in total. The smallest absolute Gasteiger partial charge is 0.127 e. The lowest BCUT2D eigenvalue weighted by Crippen LogP contribution is -1.91. The Morgan fingerprint density at radius 3 is 2.44 bits per heavy atom. The second kappa shape index (κ2) is 5.83. The van der Waals surface area contributed by atoms with Gasteiger partial charge in [0, 0.05) is 26.4 Å². The molecule has 18 heavy (non-hydrogen) atoms. The number of thioether (sulfide) groups is 1. The van der Waals surface area contributed by atoms with Crippen molar-refractivity contribution in [2.45, 2.75) is 10.6 Å². The lowest BCUT2D eigenvalue weighted by molar-refractivity contribution is 0.617. The number of nitrogen functional groups attached to an aromatic ring is 1. The number of anilines is 1. The molecule has 0 fully saturated rings. The van der Waals surface area contributed by atoms with Crippen molar-refractivity contribution in [1.29, 1.82) is 0 Å². The second-order valence-electron chi connectivity index (χ2n) is 3.71. The zero-order chi connectivity index (χ0) is 13.1. The summed E-state index contributed by atoms with van der Waals surface area (Å²) in [5.74, 6) is 0.206. The summed E-state index contributed by atoms with van der Waals surface area (Å²) < 4.78 is 13.5. The van der Waals surface area contributed by atoms with Gasteiger partial charge in [-0.1, -0.05) is 23.2 Å². The summed E-state index contributed by atoms with van der Waals surface area (Å²) in [6.45, 7) is 0. The van der Waals surface area contributed by atoms with E-state index in [1.54, 1.807) is 18.2 Å². The van der Waals surface area contributed by atoms with Crippen molar-refractivity contribution in [2.24, 2.45) is 0 Å². The molecule has 0 aliphatic rings. The van der Waals surface area contributed by atoms with Crippen LogP contribution in [0.15, 0.2) is 41.3 Å². The number of benzene rings is 2. The maximum absolute atomic E-state index is 13.5. The lowest BCUT2D eigenvalue weighted by atomic mass is 10.2. The number of nitrogens with two attached hydrogens (primary N) is 1. The Balaban J connectivity index is 2.13. The van der Waals surface area contributed by atoms with E-state index in [1.165, 1.54) is 23.9 Å². The van der Waals surface area contributed by atoms with E-state index in [-0.39, 0.29) is 5.82 Å². The number of halogens is 3. The van der Waals surface area contributed by atoms with Crippen LogP contribution >= 0.6 is 35.0 Å². The zero-order valence-corrected chi connectivity index (χ0v) is 11.6. The van der Waals surface area contributed by atoms with Crippen LogP contribution in [0.25, 0.3) is 0 Å². The molecular formula is C13H10Cl2FNS. The van der Waals surface area contributed by atoms with Gasteiger partial charge in [0.1, 0.15) is 5.82 Å². The fourth-order valence-corrected chi connectivity index (χ4v) is 2.76. The molecule has 0 saturated heterocycles. The average Bonchev–Trinajstić information content (AvgIpc) is 2.32. The first-order chi connectivity index (χ1) is 8.56. The molecule has 1 nitrogen and oxygen atoms in total. The quantitative estimate of drug-likeness (QED) is 0.637. The monoisotopic (exact) mass is 301 g/mol. The molecule has 0 bridgehead atoms. The third-order valence-electron chi connectivity index (χ3n) is 2.36. The van der Waals surface area contributed by atoms with Crippen molar-refractivity contribution in [1.82, 2.24) is 0 Å². The lowest BCUT2D eigenvalue weighted by Gasteiger charge is -2.07. The molecule has 0 aliphatic heterocycles. The van der Waals surface area contributed by atoms with E-state index in [4.69, 9.17) is 28.9 Å². The van der Waals surface area contributed by atoms with Gasteiger partial charge in [-0.3, -0.25) is 0 Å². The van der Waals surface area contributed by atoms with Gasteiger partial charge in [0.05, 0.1) is 0 Å². The van der Waals surface area contributed by atoms with Crippen molar-refractivity contribution < 1.29 is 4.39 Å². The van der Waals surface area contributed by atoms with Crippen LogP contribution in [-0.4, -0.2) is 0 Å². The highest BCUT2D eigenvalue weighted by atomic mass is 35.5. The largest absolute Gasteiger partial charge is 0.398 e. The minimum absolute atomic E-state index is 0.264. The molecule has 0 amide bonds. The highest BCUT2D eigenvalue weighted by Crippen LogP contribution is 2.31. The minimum Gasteiger partial charge on any atom is -0.398 e. The van der Waals surface area contributed by atoms with Crippen LogP contribution in [0.3, 0.4) is 0 Å². The van der Waals surface area contributed by atoms with Crippen LogP contribution in [0, 0.1) is 5.82 Å². The highest BCUT2D eigenvalue weighted by molar-refractivity contribution is 7.98. The fraction of sp³-hybridized carbons (Fsp3) is 0.0769. The molecule has 0 aliphatic carbocycles. The molecule has 0 atom stereocenters. The second-order valence-corrected chi connectivity index (χ2v) is 5.60. The van der Waals surface area contributed by atoms with Gasteiger partial charge in [0.15, 0.2) is 0 Å². The Bertz CT molecular complexity index is 575. The molecule has 0 aromatic heterocycles. The summed E-state index contributed by atoms with van der Waals surface area (Å²) in [5, 5.41) is 1.11. The molecule has 2 aromatic carbocycles. The molecular weight excluding hydrogens is 292 g/mol. The van der Waals surface area contributed by atoms with Gasteiger partial charge in [-0.2, -0.15) is 0 Å². The Morgan fingerprint density at radius 2 is 1.72 bits per heavy atom. The Labute approximate surface area is 119 Å². The van der Waals surface area contributed by atoms with E-state index in [1.807, 2.05) is 6.07 Å². The molecule has 0 radical (unpaired) electrons. The molecule has 94 valence electrons. The standard InChI is InChI=1S/C13H10Cl2FNS/c14-9-1-3-11(16)8(5-9)7-18-13-4-2-10(15)6-12(13)17/h1-6H,7,17H2. The number of rotatable bonds is 3. The van der Waals surface area contributed by atoms with Gasteiger partial charge in [0.2, 0.25) is 0 Å². The summed E-state index contributed by atoms with van der Waals surface area (Å²) >= 11 is 13.1. The van der Waals surface area contributed by atoms with Gasteiger partial charge in [-0.05, 0) is 42.0 Å². The summed E-state index contributed by atoms with van der Waals surface area (Å²) in [4.78, 5) is 0.874. The summed E-state index contributed by atoms with van der Waals surface area (Å²) in [5.41, 5.74) is 6.98. The summed E-state index contributed by atoms with van der Waals surface area (Å²) in [6, 6.07) is 9.78. The normalized spacial score (nSPS) is 10.6. The maximum atomic E-state index is 13.5. The predicted octanol–water partition coefficient (Wildman–Crippen LogP) is 5.01. The maximum Gasteiger partial charge on any atom is 0.127 e. The molecule has 0 spiro atoms. The Kier molecular flexibility index (Phi) is 4.38. The van der Waals surface area contributed by atoms with Crippen LogP contribution in [0.2, 0.25) is 10.0 Å². The van der Waals surface area contributed by atoms with E-state index in [0.717, 1.165) is 4.90 Å². The van der Waals surface area contributed by atoms with Gasteiger partial charge in [-0.25, -0.2) is 4.39 Å². The van der Waals surface area contributed by atoms with Crippen LogP contribution in [-0.2, 0) is 5.75 Å². The molecule has 0 saturated carbocycles. The number of hydrogen-bond donors (Lipinski definition) is 1. The topological polar surface area (TPSA) is 26.0 Å². The zero-order valence-electron chi connectivity index (χ0n) is 9.29. The fourth-order valence-electron chi connectivity index (χ4n) is 1.46. The average molecular weight is 302 g/mol. The molecule has 2 rings (SSSR count). The van der Waals surface area contributed by atoms with Crippen LogP contribution in [0.5, 0.6) is 0 Å². The van der Waals surface area contributed by atoms with E-state index in [2.05, 4.69) is 0 Å². The van der Waals surface area contributed by atoms with E-state index in [9.17, 15) is 4.39 Å². The summed E-state index contributed by atoms with van der Waals surface area (Å²) in [7, 11) is 0. The van der Waals surface area contributed by atoms with Gasteiger partial charge in [-0.15, -0.1) is 11.8 Å². The third kappa shape index (κ3) is 3.31. The van der Waals surface area contributed by atoms with Crippen LogP contribution < -0.4 is 5.73 Å².